The maximum absolute atomic E-state index is 13.1. The van der Waals surface area contributed by atoms with Gasteiger partial charge in [-0.1, -0.05) is 54.6 Å². The molecule has 0 aliphatic carbocycles. The third-order valence-corrected chi connectivity index (χ3v) is 4.24. The Kier molecular flexibility index (Phi) is 5.53. The molecule has 0 fully saturated rings. The number of para-hydroxylation sites is 1. The molecule has 27 heavy (non-hydrogen) atoms. The van der Waals surface area contributed by atoms with Crippen molar-refractivity contribution in [1.29, 1.82) is 5.26 Å². The molecule has 0 radical (unpaired) electrons. The number of hydrogen-bond donors (Lipinski definition) is 1. The Bertz CT molecular complexity index is 991. The lowest BCUT2D eigenvalue weighted by atomic mass is 10.1. The van der Waals surface area contributed by atoms with Crippen molar-refractivity contribution in [2.75, 3.05) is 5.32 Å². The molecule has 1 N–H and O–H groups in total. The summed E-state index contributed by atoms with van der Waals surface area (Å²) < 4.78 is 5.99. The molecule has 3 aromatic rings. The van der Waals surface area contributed by atoms with Gasteiger partial charge in [0.1, 0.15) is 11.8 Å². The highest BCUT2D eigenvalue weighted by atomic mass is 16.5. The largest absolute Gasteiger partial charge is 0.474 e. The highest BCUT2D eigenvalue weighted by Crippen LogP contribution is 2.27. The van der Waals surface area contributed by atoms with Crippen LogP contribution in [0.5, 0.6) is 5.75 Å². The molecular formula is C23H20N2O2. The summed E-state index contributed by atoms with van der Waals surface area (Å²) in [7, 11) is 0. The zero-order valence-corrected chi connectivity index (χ0v) is 15.3. The number of nitriles is 1. The third-order valence-electron chi connectivity index (χ3n) is 4.24. The quantitative estimate of drug-likeness (QED) is 0.705. The fourth-order valence-corrected chi connectivity index (χ4v) is 2.76. The summed E-state index contributed by atoms with van der Waals surface area (Å²) >= 11 is 0. The maximum Gasteiger partial charge on any atom is 0.270 e. The monoisotopic (exact) mass is 356 g/mol. The van der Waals surface area contributed by atoms with Crippen molar-refractivity contribution >= 4 is 11.6 Å². The Labute approximate surface area is 159 Å². The van der Waals surface area contributed by atoms with Crippen molar-refractivity contribution in [2.24, 2.45) is 0 Å². The average molecular weight is 356 g/mol. The molecule has 0 spiro atoms. The number of hydrogen-bond acceptors (Lipinski definition) is 3. The molecule has 1 amide bonds. The average Bonchev–Trinajstić information content (AvgIpc) is 2.69. The molecule has 3 rings (SSSR count). The van der Waals surface area contributed by atoms with E-state index in [-0.39, 0.29) is 5.91 Å². The molecule has 0 aliphatic rings. The number of nitrogens with one attached hydrogen (secondary N) is 1. The van der Waals surface area contributed by atoms with E-state index in [1.54, 1.807) is 24.3 Å². The number of benzene rings is 3. The van der Waals surface area contributed by atoms with Gasteiger partial charge >= 0.3 is 0 Å². The zero-order valence-electron chi connectivity index (χ0n) is 15.3. The molecule has 0 aliphatic heterocycles. The Hall–Kier alpha value is -3.58. The molecule has 0 unspecified atom stereocenters. The normalized spacial score (nSPS) is 11.3. The summed E-state index contributed by atoms with van der Waals surface area (Å²) in [6.07, 6.45) is -0.874. The molecule has 0 heterocycles. The maximum atomic E-state index is 13.1. The molecule has 134 valence electrons. The van der Waals surface area contributed by atoms with Gasteiger partial charge in [0.15, 0.2) is 0 Å². The summed E-state index contributed by atoms with van der Waals surface area (Å²) in [5.41, 5.74) is 3.88. The number of amides is 1. The molecular weight excluding hydrogens is 336 g/mol. The van der Waals surface area contributed by atoms with Gasteiger partial charge in [0.25, 0.3) is 5.91 Å². The van der Waals surface area contributed by atoms with Crippen LogP contribution in [0.3, 0.4) is 0 Å². The first-order valence-corrected chi connectivity index (χ1v) is 8.67. The molecule has 0 aromatic heterocycles. The van der Waals surface area contributed by atoms with Gasteiger partial charge in [0.05, 0.1) is 5.56 Å². The summed E-state index contributed by atoms with van der Waals surface area (Å²) in [4.78, 5) is 13.1. The lowest BCUT2D eigenvalue weighted by molar-refractivity contribution is -0.123. The van der Waals surface area contributed by atoms with Gasteiger partial charge in [0, 0.05) is 11.3 Å². The second-order valence-corrected chi connectivity index (χ2v) is 6.32. The van der Waals surface area contributed by atoms with E-state index in [1.807, 2.05) is 62.4 Å². The molecule has 0 bridgehead atoms. The number of nitrogens with zero attached hydrogens (tertiary/aromatic N) is 1. The number of rotatable bonds is 5. The van der Waals surface area contributed by atoms with Crippen LogP contribution in [0.1, 0.15) is 28.4 Å². The van der Waals surface area contributed by atoms with Gasteiger partial charge in [0.2, 0.25) is 6.10 Å². The minimum Gasteiger partial charge on any atom is -0.474 e. The molecule has 0 saturated heterocycles. The Morgan fingerprint density at radius 3 is 2.44 bits per heavy atom. The second kappa shape index (κ2) is 8.20. The van der Waals surface area contributed by atoms with Crippen LogP contribution in [0.25, 0.3) is 0 Å². The lowest BCUT2D eigenvalue weighted by Crippen LogP contribution is -2.26. The van der Waals surface area contributed by atoms with Gasteiger partial charge in [-0.25, -0.2) is 0 Å². The Balaban J connectivity index is 1.94. The van der Waals surface area contributed by atoms with E-state index in [9.17, 15) is 10.1 Å². The van der Waals surface area contributed by atoms with Crippen molar-refractivity contribution in [2.45, 2.75) is 20.0 Å². The van der Waals surface area contributed by atoms with Crippen molar-refractivity contribution in [3.63, 3.8) is 0 Å². The zero-order chi connectivity index (χ0) is 19.2. The van der Waals surface area contributed by atoms with Gasteiger partial charge in [-0.3, -0.25) is 4.79 Å². The SMILES string of the molecule is Cc1ccc(C)c(NC(=O)[C@@H](Oc2ccccc2C#N)c2ccccc2)c1. The van der Waals surface area contributed by atoms with Gasteiger partial charge in [-0.15, -0.1) is 0 Å². The molecule has 1 atom stereocenters. The first kappa shape index (κ1) is 18.2. The smallest absolute Gasteiger partial charge is 0.270 e. The van der Waals surface area contributed by atoms with E-state index < -0.39 is 6.10 Å². The highest BCUT2D eigenvalue weighted by Gasteiger charge is 2.24. The third kappa shape index (κ3) is 4.34. The predicted octanol–water partition coefficient (Wildman–Crippen LogP) is 4.93. The van der Waals surface area contributed by atoms with Crippen LogP contribution in [0.2, 0.25) is 0 Å². The molecule has 4 heteroatoms. The van der Waals surface area contributed by atoms with Crippen LogP contribution >= 0.6 is 0 Å². The molecule has 3 aromatic carbocycles. The van der Waals surface area contributed by atoms with Gasteiger partial charge in [-0.2, -0.15) is 5.26 Å². The van der Waals surface area contributed by atoms with Crippen LogP contribution in [0.4, 0.5) is 5.69 Å². The van der Waals surface area contributed by atoms with Crippen molar-refractivity contribution in [1.82, 2.24) is 0 Å². The van der Waals surface area contributed by atoms with E-state index in [0.717, 1.165) is 16.8 Å². The second-order valence-electron chi connectivity index (χ2n) is 6.32. The Morgan fingerprint density at radius 2 is 1.70 bits per heavy atom. The number of carbonyl (C=O) groups excluding carboxylic acids is 1. The summed E-state index contributed by atoms with van der Waals surface area (Å²) in [5, 5.41) is 12.3. The fourth-order valence-electron chi connectivity index (χ4n) is 2.76. The van der Waals surface area contributed by atoms with Crippen LogP contribution in [0.15, 0.2) is 72.8 Å². The topological polar surface area (TPSA) is 62.1 Å². The summed E-state index contributed by atoms with van der Waals surface area (Å²) in [6, 6.07) is 24.2. The van der Waals surface area contributed by atoms with Crippen molar-refractivity contribution < 1.29 is 9.53 Å². The molecule has 0 saturated carbocycles. The van der Waals surface area contributed by atoms with Crippen LogP contribution in [-0.4, -0.2) is 5.91 Å². The minimum absolute atomic E-state index is 0.289. The standard InChI is InChI=1S/C23H20N2O2/c1-16-12-13-17(2)20(14-16)25-23(26)22(18-8-4-3-5-9-18)27-21-11-7-6-10-19(21)15-24/h3-14,22H,1-2H3,(H,25,26)/t22-/m0/s1. The first-order chi connectivity index (χ1) is 13.1. The molecule has 4 nitrogen and oxygen atoms in total. The van der Waals surface area contributed by atoms with E-state index in [4.69, 9.17) is 4.74 Å². The summed E-state index contributed by atoms with van der Waals surface area (Å²) in [6.45, 7) is 3.92. The lowest BCUT2D eigenvalue weighted by Gasteiger charge is -2.20. The van der Waals surface area contributed by atoms with E-state index in [2.05, 4.69) is 11.4 Å². The number of aryl methyl sites for hydroxylation is 2. The van der Waals surface area contributed by atoms with Crippen LogP contribution < -0.4 is 10.1 Å². The van der Waals surface area contributed by atoms with E-state index in [0.29, 0.717) is 16.9 Å². The number of ether oxygens (including phenoxy) is 1. The number of anilines is 1. The highest BCUT2D eigenvalue weighted by molar-refractivity contribution is 5.95. The first-order valence-electron chi connectivity index (χ1n) is 8.67. The van der Waals surface area contributed by atoms with Crippen LogP contribution in [0, 0.1) is 25.2 Å². The van der Waals surface area contributed by atoms with Crippen molar-refractivity contribution in [3.05, 3.63) is 95.1 Å². The fraction of sp³-hybridized carbons (Fsp3) is 0.130. The van der Waals surface area contributed by atoms with Gasteiger partial charge in [-0.05, 0) is 43.2 Å². The predicted molar refractivity (Wildman–Crippen MR) is 106 cm³/mol. The van der Waals surface area contributed by atoms with E-state index in [1.165, 1.54) is 0 Å². The van der Waals surface area contributed by atoms with Crippen LogP contribution in [-0.2, 0) is 4.79 Å². The Morgan fingerprint density at radius 1 is 1.00 bits per heavy atom. The van der Waals surface area contributed by atoms with Crippen molar-refractivity contribution in [3.8, 4) is 11.8 Å². The van der Waals surface area contributed by atoms with E-state index >= 15 is 0 Å². The summed E-state index contributed by atoms with van der Waals surface area (Å²) in [5.74, 6) is 0.0904. The number of carbonyl (C=O) groups is 1. The van der Waals surface area contributed by atoms with Gasteiger partial charge < -0.3 is 10.1 Å². The minimum atomic E-state index is -0.874.